The van der Waals surface area contributed by atoms with Crippen LogP contribution in [0.4, 0.5) is 0 Å². The number of benzene rings is 1. The summed E-state index contributed by atoms with van der Waals surface area (Å²) in [6, 6.07) is 8.11. The van der Waals surface area contributed by atoms with Crippen LogP contribution in [-0.4, -0.2) is 28.0 Å². The summed E-state index contributed by atoms with van der Waals surface area (Å²) in [4.78, 5) is 8.18. The Morgan fingerprint density at radius 1 is 1.19 bits per heavy atom. The van der Waals surface area contributed by atoms with Gasteiger partial charge in [0.2, 0.25) is 5.88 Å². The zero-order chi connectivity index (χ0) is 15.0. The van der Waals surface area contributed by atoms with Crippen molar-refractivity contribution in [2.24, 2.45) is 0 Å². The minimum atomic E-state index is -3.95. The standard InChI is InChI=1S/C13H12N4O3S/c1-9-5-3-4-6-11(9)21(18,19)20-12-7-10(2)16-13-14-8-15-17(12)13/h3-8H,1-2H3. The number of hydrogen-bond acceptors (Lipinski definition) is 6. The molecule has 2 heterocycles. The predicted octanol–water partition coefficient (Wildman–Crippen LogP) is 1.51. The van der Waals surface area contributed by atoms with E-state index >= 15 is 0 Å². The maximum atomic E-state index is 12.4. The average Bonchev–Trinajstić information content (AvgIpc) is 2.86. The quantitative estimate of drug-likeness (QED) is 0.682. The van der Waals surface area contributed by atoms with Crippen molar-refractivity contribution in [2.75, 3.05) is 0 Å². The maximum Gasteiger partial charge on any atom is 0.340 e. The Bertz CT molecular complexity index is 918. The number of hydrogen-bond donors (Lipinski definition) is 0. The number of nitrogens with zero attached hydrogens (tertiary/aromatic N) is 4. The molecule has 0 N–H and O–H groups in total. The van der Waals surface area contributed by atoms with Gasteiger partial charge in [-0.2, -0.15) is 23.0 Å². The van der Waals surface area contributed by atoms with Gasteiger partial charge in [0.15, 0.2) is 0 Å². The van der Waals surface area contributed by atoms with E-state index in [2.05, 4.69) is 15.1 Å². The van der Waals surface area contributed by atoms with E-state index in [9.17, 15) is 8.42 Å². The van der Waals surface area contributed by atoms with Gasteiger partial charge >= 0.3 is 10.1 Å². The number of fused-ring (bicyclic) bond motifs is 1. The second-order valence-electron chi connectivity index (χ2n) is 4.51. The fraction of sp³-hybridized carbons (Fsp3) is 0.154. The highest BCUT2D eigenvalue weighted by molar-refractivity contribution is 7.87. The summed E-state index contributed by atoms with van der Waals surface area (Å²) in [5.41, 5.74) is 1.20. The van der Waals surface area contributed by atoms with Crippen LogP contribution in [0, 0.1) is 13.8 Å². The van der Waals surface area contributed by atoms with Gasteiger partial charge in [0.05, 0.1) is 0 Å². The molecule has 8 heteroatoms. The van der Waals surface area contributed by atoms with Gasteiger partial charge < -0.3 is 4.18 Å². The smallest absolute Gasteiger partial charge is 0.340 e. The molecule has 108 valence electrons. The molecular weight excluding hydrogens is 292 g/mol. The van der Waals surface area contributed by atoms with Crippen LogP contribution in [0.2, 0.25) is 0 Å². The van der Waals surface area contributed by atoms with Crippen molar-refractivity contribution in [3.8, 4) is 5.88 Å². The van der Waals surface area contributed by atoms with Gasteiger partial charge in [0, 0.05) is 11.8 Å². The fourth-order valence-electron chi connectivity index (χ4n) is 1.95. The molecule has 0 aliphatic carbocycles. The average molecular weight is 304 g/mol. The molecule has 0 radical (unpaired) electrons. The highest BCUT2D eigenvalue weighted by atomic mass is 32.2. The largest absolute Gasteiger partial charge is 0.358 e. The zero-order valence-electron chi connectivity index (χ0n) is 11.4. The highest BCUT2D eigenvalue weighted by Gasteiger charge is 2.21. The third kappa shape index (κ3) is 2.45. The number of aryl methyl sites for hydroxylation is 2. The van der Waals surface area contributed by atoms with Crippen LogP contribution in [0.1, 0.15) is 11.3 Å². The van der Waals surface area contributed by atoms with Gasteiger partial charge in [-0.3, -0.25) is 0 Å². The van der Waals surface area contributed by atoms with Gasteiger partial charge in [-0.25, -0.2) is 4.98 Å². The first kappa shape index (κ1) is 13.5. The summed E-state index contributed by atoms with van der Waals surface area (Å²) in [5, 5.41) is 3.91. The molecule has 0 fully saturated rings. The summed E-state index contributed by atoms with van der Waals surface area (Å²) in [5.74, 6) is 0.336. The van der Waals surface area contributed by atoms with Crippen LogP contribution >= 0.6 is 0 Å². The van der Waals surface area contributed by atoms with Crippen molar-refractivity contribution in [1.29, 1.82) is 0 Å². The summed E-state index contributed by atoms with van der Waals surface area (Å²) >= 11 is 0. The van der Waals surface area contributed by atoms with Gasteiger partial charge in [-0.15, -0.1) is 0 Å². The number of rotatable bonds is 3. The van der Waals surface area contributed by atoms with E-state index in [1.807, 2.05) is 0 Å². The Labute approximate surface area is 121 Å². The molecule has 2 aromatic heterocycles. The third-order valence-electron chi connectivity index (χ3n) is 2.91. The normalized spacial score (nSPS) is 11.7. The molecule has 7 nitrogen and oxygen atoms in total. The van der Waals surface area contributed by atoms with E-state index in [0.29, 0.717) is 11.3 Å². The summed E-state index contributed by atoms with van der Waals surface area (Å²) < 4.78 is 31.2. The molecule has 0 bridgehead atoms. The highest BCUT2D eigenvalue weighted by Crippen LogP contribution is 2.21. The van der Waals surface area contributed by atoms with E-state index in [1.54, 1.807) is 32.0 Å². The fourth-order valence-corrected chi connectivity index (χ4v) is 3.09. The summed E-state index contributed by atoms with van der Waals surface area (Å²) in [6.45, 7) is 3.43. The molecule has 0 atom stereocenters. The second-order valence-corrected chi connectivity index (χ2v) is 6.03. The van der Waals surface area contributed by atoms with E-state index < -0.39 is 10.1 Å². The van der Waals surface area contributed by atoms with Crippen molar-refractivity contribution in [2.45, 2.75) is 18.7 Å². The lowest BCUT2D eigenvalue weighted by Crippen LogP contribution is -2.14. The monoisotopic (exact) mass is 304 g/mol. The van der Waals surface area contributed by atoms with Crippen molar-refractivity contribution in [3.63, 3.8) is 0 Å². The van der Waals surface area contributed by atoms with Crippen LogP contribution in [0.3, 0.4) is 0 Å². The molecule has 0 saturated carbocycles. The molecular formula is C13H12N4O3S. The molecule has 3 aromatic rings. The summed E-state index contributed by atoms with van der Waals surface area (Å²) in [6.07, 6.45) is 1.29. The van der Waals surface area contributed by atoms with Gasteiger partial charge in [-0.05, 0) is 25.5 Å². The van der Waals surface area contributed by atoms with Crippen LogP contribution in [0.15, 0.2) is 41.6 Å². The van der Waals surface area contributed by atoms with E-state index in [4.69, 9.17) is 4.18 Å². The third-order valence-corrected chi connectivity index (χ3v) is 4.29. The van der Waals surface area contributed by atoms with Crippen molar-refractivity contribution < 1.29 is 12.6 Å². The Kier molecular flexibility index (Phi) is 3.09. The molecule has 0 unspecified atom stereocenters. The SMILES string of the molecule is Cc1cc(OS(=O)(=O)c2ccccc2C)n2ncnc2n1. The molecule has 0 spiro atoms. The molecule has 21 heavy (non-hydrogen) atoms. The summed E-state index contributed by atoms with van der Waals surface area (Å²) in [7, 11) is -3.95. The second kappa shape index (κ2) is 4.81. The minimum Gasteiger partial charge on any atom is -0.358 e. The van der Waals surface area contributed by atoms with E-state index in [1.165, 1.54) is 23.0 Å². The van der Waals surface area contributed by atoms with Crippen molar-refractivity contribution >= 4 is 15.9 Å². The minimum absolute atomic E-state index is 0.0539. The lowest BCUT2D eigenvalue weighted by atomic mass is 10.2. The first-order chi connectivity index (χ1) is 9.97. The van der Waals surface area contributed by atoms with Crippen molar-refractivity contribution in [3.05, 3.63) is 47.9 Å². The van der Waals surface area contributed by atoms with Crippen molar-refractivity contribution in [1.82, 2.24) is 19.6 Å². The molecule has 0 amide bonds. The zero-order valence-corrected chi connectivity index (χ0v) is 12.2. The Hall–Kier alpha value is -2.48. The van der Waals surface area contributed by atoms with Gasteiger partial charge in [-0.1, -0.05) is 18.2 Å². The maximum absolute atomic E-state index is 12.4. The first-order valence-corrected chi connectivity index (χ1v) is 7.56. The molecule has 3 rings (SSSR count). The van der Waals surface area contributed by atoms with Gasteiger partial charge in [0.1, 0.15) is 11.2 Å². The van der Waals surface area contributed by atoms with Crippen LogP contribution in [-0.2, 0) is 10.1 Å². The van der Waals surface area contributed by atoms with Gasteiger partial charge in [0.25, 0.3) is 5.78 Å². The Balaban J connectivity index is 2.10. The van der Waals surface area contributed by atoms with E-state index in [0.717, 1.165) is 0 Å². The Morgan fingerprint density at radius 3 is 2.71 bits per heavy atom. The lowest BCUT2D eigenvalue weighted by molar-refractivity contribution is 0.465. The Morgan fingerprint density at radius 2 is 1.95 bits per heavy atom. The number of aromatic nitrogens is 4. The predicted molar refractivity (Wildman–Crippen MR) is 74.5 cm³/mol. The molecule has 0 aliphatic heterocycles. The topological polar surface area (TPSA) is 86.5 Å². The molecule has 0 saturated heterocycles. The van der Waals surface area contributed by atoms with E-state index in [-0.39, 0.29) is 16.6 Å². The van der Waals surface area contributed by atoms with Crippen LogP contribution in [0.5, 0.6) is 5.88 Å². The van der Waals surface area contributed by atoms with Crippen LogP contribution in [0.25, 0.3) is 5.78 Å². The van der Waals surface area contributed by atoms with Crippen LogP contribution < -0.4 is 4.18 Å². The lowest BCUT2D eigenvalue weighted by Gasteiger charge is -2.10. The molecule has 0 aliphatic rings. The molecule has 1 aromatic carbocycles. The first-order valence-electron chi connectivity index (χ1n) is 6.15.